The van der Waals surface area contributed by atoms with Crippen LogP contribution in [-0.2, 0) is 0 Å². The zero-order valence-electron chi connectivity index (χ0n) is 6.98. The number of rotatable bonds is 2. The van der Waals surface area contributed by atoms with Crippen molar-refractivity contribution in [1.29, 1.82) is 5.26 Å². The van der Waals surface area contributed by atoms with Crippen LogP contribution in [0.25, 0.3) is 0 Å². The van der Waals surface area contributed by atoms with Gasteiger partial charge in [-0.2, -0.15) is 5.26 Å². The topological polar surface area (TPSA) is 64.2 Å². The highest BCUT2D eigenvalue weighted by Crippen LogP contribution is 2.21. The van der Waals surface area contributed by atoms with Crippen molar-refractivity contribution in [2.75, 3.05) is 0 Å². The van der Waals surface area contributed by atoms with Gasteiger partial charge in [0.15, 0.2) is 17.7 Å². The van der Waals surface area contributed by atoms with E-state index in [-0.39, 0.29) is 0 Å². The first-order valence-corrected chi connectivity index (χ1v) is 3.77. The SMILES string of the molecule is N#CC(O)C(O)c1cccc(F)c1F. The van der Waals surface area contributed by atoms with Crippen LogP contribution in [0.1, 0.15) is 11.7 Å². The Bertz CT molecular complexity index is 376. The lowest BCUT2D eigenvalue weighted by Crippen LogP contribution is -2.17. The molecule has 0 bridgehead atoms. The second-order valence-corrected chi connectivity index (χ2v) is 2.66. The first kappa shape index (κ1) is 10.6. The van der Waals surface area contributed by atoms with Crippen LogP contribution in [0.2, 0.25) is 0 Å². The van der Waals surface area contributed by atoms with Crippen molar-refractivity contribution >= 4 is 0 Å². The molecule has 3 nitrogen and oxygen atoms in total. The van der Waals surface area contributed by atoms with E-state index >= 15 is 0 Å². The number of benzene rings is 1. The van der Waals surface area contributed by atoms with Gasteiger partial charge in [0.2, 0.25) is 0 Å². The highest BCUT2D eigenvalue weighted by atomic mass is 19.2. The van der Waals surface area contributed by atoms with Crippen LogP contribution in [0.15, 0.2) is 18.2 Å². The molecule has 0 aliphatic heterocycles. The van der Waals surface area contributed by atoms with Gasteiger partial charge in [0, 0.05) is 5.56 Å². The fourth-order valence-electron chi connectivity index (χ4n) is 0.990. The van der Waals surface area contributed by atoms with Gasteiger partial charge in [0.05, 0.1) is 6.07 Å². The highest BCUT2D eigenvalue weighted by molar-refractivity contribution is 5.23. The first-order valence-electron chi connectivity index (χ1n) is 3.77. The summed E-state index contributed by atoms with van der Waals surface area (Å²) in [6, 6.07) is 4.49. The molecule has 2 atom stereocenters. The third-order valence-corrected chi connectivity index (χ3v) is 1.73. The zero-order chi connectivity index (χ0) is 10.7. The lowest BCUT2D eigenvalue weighted by molar-refractivity contribution is 0.0498. The Morgan fingerprint density at radius 2 is 1.93 bits per heavy atom. The molecule has 74 valence electrons. The van der Waals surface area contributed by atoms with Crippen LogP contribution >= 0.6 is 0 Å². The van der Waals surface area contributed by atoms with Crippen LogP contribution in [0.3, 0.4) is 0 Å². The molecule has 1 rings (SSSR count). The van der Waals surface area contributed by atoms with E-state index in [9.17, 15) is 13.9 Å². The molecule has 0 aliphatic carbocycles. The third-order valence-electron chi connectivity index (χ3n) is 1.73. The van der Waals surface area contributed by atoms with Crippen molar-refractivity contribution in [2.45, 2.75) is 12.2 Å². The monoisotopic (exact) mass is 199 g/mol. The number of halogens is 2. The Kier molecular flexibility index (Phi) is 3.12. The largest absolute Gasteiger partial charge is 0.384 e. The molecule has 0 heterocycles. The lowest BCUT2D eigenvalue weighted by Gasteiger charge is -2.12. The number of hydrogen-bond acceptors (Lipinski definition) is 3. The number of aliphatic hydroxyl groups is 2. The summed E-state index contributed by atoms with van der Waals surface area (Å²) in [6.45, 7) is 0. The van der Waals surface area contributed by atoms with E-state index in [1.54, 1.807) is 0 Å². The van der Waals surface area contributed by atoms with Crippen molar-refractivity contribution in [3.05, 3.63) is 35.4 Å². The van der Waals surface area contributed by atoms with Crippen molar-refractivity contribution in [2.24, 2.45) is 0 Å². The molecule has 2 N–H and O–H groups in total. The Balaban J connectivity index is 3.08. The number of nitriles is 1. The molecule has 14 heavy (non-hydrogen) atoms. The molecule has 2 unspecified atom stereocenters. The van der Waals surface area contributed by atoms with Crippen LogP contribution in [0.4, 0.5) is 8.78 Å². The molecule has 0 saturated heterocycles. The minimum Gasteiger partial charge on any atom is -0.384 e. The molecule has 5 heteroatoms. The van der Waals surface area contributed by atoms with Crippen LogP contribution in [-0.4, -0.2) is 16.3 Å². The molecule has 0 spiro atoms. The summed E-state index contributed by atoms with van der Waals surface area (Å²) in [5, 5.41) is 26.4. The van der Waals surface area contributed by atoms with Gasteiger partial charge < -0.3 is 10.2 Å². The van der Waals surface area contributed by atoms with E-state index in [4.69, 9.17) is 10.4 Å². The van der Waals surface area contributed by atoms with Gasteiger partial charge in [-0.15, -0.1) is 0 Å². The van der Waals surface area contributed by atoms with Gasteiger partial charge in [0.25, 0.3) is 0 Å². The second kappa shape index (κ2) is 4.13. The standard InChI is InChI=1S/C9H7F2NO2/c10-6-3-1-2-5(8(6)11)9(14)7(13)4-12/h1-3,7,9,13-14H. The van der Waals surface area contributed by atoms with Crippen LogP contribution < -0.4 is 0 Å². The van der Waals surface area contributed by atoms with Gasteiger partial charge in [-0.05, 0) is 6.07 Å². The quantitative estimate of drug-likeness (QED) is 0.695. The molecule has 0 amide bonds. The maximum atomic E-state index is 13.0. The van der Waals surface area contributed by atoms with E-state index in [1.807, 2.05) is 0 Å². The number of nitrogens with zero attached hydrogens (tertiary/aromatic N) is 1. The smallest absolute Gasteiger partial charge is 0.170 e. The maximum absolute atomic E-state index is 13.0. The fraction of sp³-hybridized carbons (Fsp3) is 0.222. The summed E-state index contributed by atoms with van der Waals surface area (Å²) in [5.74, 6) is -2.39. The summed E-state index contributed by atoms with van der Waals surface area (Å²) >= 11 is 0. The number of aliphatic hydroxyl groups excluding tert-OH is 2. The van der Waals surface area contributed by atoms with E-state index in [1.165, 1.54) is 12.1 Å². The first-order chi connectivity index (χ1) is 6.57. The molecule has 1 aromatic rings. The summed E-state index contributed by atoms with van der Waals surface area (Å²) < 4.78 is 25.6. The Hall–Kier alpha value is -1.51. The third kappa shape index (κ3) is 1.87. The zero-order valence-corrected chi connectivity index (χ0v) is 6.98. The van der Waals surface area contributed by atoms with Gasteiger partial charge in [-0.25, -0.2) is 8.78 Å². The maximum Gasteiger partial charge on any atom is 0.170 e. The van der Waals surface area contributed by atoms with E-state index < -0.39 is 29.4 Å². The number of hydrogen-bond donors (Lipinski definition) is 2. The molecule has 0 saturated carbocycles. The van der Waals surface area contributed by atoms with Crippen molar-refractivity contribution in [3.8, 4) is 6.07 Å². The minimum atomic E-state index is -1.77. The molecule has 0 aromatic heterocycles. The van der Waals surface area contributed by atoms with Crippen molar-refractivity contribution in [1.82, 2.24) is 0 Å². The molecule has 1 aromatic carbocycles. The van der Waals surface area contributed by atoms with Gasteiger partial charge in [-0.1, -0.05) is 12.1 Å². The fourth-order valence-corrected chi connectivity index (χ4v) is 0.990. The second-order valence-electron chi connectivity index (χ2n) is 2.66. The van der Waals surface area contributed by atoms with Gasteiger partial charge >= 0.3 is 0 Å². The summed E-state index contributed by atoms with van der Waals surface area (Å²) in [6.07, 6.45) is -3.51. The predicted molar refractivity (Wildman–Crippen MR) is 42.9 cm³/mol. The van der Waals surface area contributed by atoms with Gasteiger partial charge in [0.1, 0.15) is 6.10 Å². The van der Waals surface area contributed by atoms with Crippen LogP contribution in [0.5, 0.6) is 0 Å². The Morgan fingerprint density at radius 1 is 1.29 bits per heavy atom. The normalized spacial score (nSPS) is 14.5. The predicted octanol–water partition coefficient (Wildman–Crippen LogP) is 0.883. The Labute approximate surface area is 78.8 Å². The van der Waals surface area contributed by atoms with Crippen molar-refractivity contribution in [3.63, 3.8) is 0 Å². The molecule has 0 radical (unpaired) electrons. The average molecular weight is 199 g/mol. The molecule has 0 fully saturated rings. The molecular formula is C9H7F2NO2. The van der Waals surface area contributed by atoms with Crippen molar-refractivity contribution < 1.29 is 19.0 Å². The molecular weight excluding hydrogens is 192 g/mol. The van der Waals surface area contributed by atoms with Crippen LogP contribution in [0, 0.1) is 23.0 Å². The highest BCUT2D eigenvalue weighted by Gasteiger charge is 2.22. The Morgan fingerprint density at radius 3 is 2.50 bits per heavy atom. The molecule has 0 aliphatic rings. The summed E-state index contributed by atoms with van der Waals surface area (Å²) in [4.78, 5) is 0. The van der Waals surface area contributed by atoms with E-state index in [0.717, 1.165) is 12.1 Å². The average Bonchev–Trinajstić information content (AvgIpc) is 2.20. The summed E-state index contributed by atoms with van der Waals surface area (Å²) in [7, 11) is 0. The minimum absolute atomic E-state index is 0.431. The van der Waals surface area contributed by atoms with Gasteiger partial charge in [-0.3, -0.25) is 0 Å². The van der Waals surface area contributed by atoms with E-state index in [2.05, 4.69) is 0 Å². The lowest BCUT2D eigenvalue weighted by atomic mass is 10.0. The van der Waals surface area contributed by atoms with E-state index in [0.29, 0.717) is 0 Å². The summed E-state index contributed by atoms with van der Waals surface area (Å²) in [5.41, 5.74) is -0.431.